The summed E-state index contributed by atoms with van der Waals surface area (Å²) in [7, 11) is 0. The van der Waals surface area contributed by atoms with Crippen LogP contribution in [0.15, 0.2) is 131 Å². The molecule has 2 saturated heterocycles. The van der Waals surface area contributed by atoms with E-state index in [-0.39, 0.29) is 24.2 Å². The first-order valence-corrected chi connectivity index (χ1v) is 13.2. The number of benzene rings is 4. The first-order chi connectivity index (χ1) is 18.8. The van der Waals surface area contributed by atoms with Crippen LogP contribution in [0.4, 0.5) is 0 Å². The molecule has 38 heavy (non-hydrogen) atoms. The maximum Gasteiger partial charge on any atom is 0.192 e. The molecule has 0 bridgehead atoms. The summed E-state index contributed by atoms with van der Waals surface area (Å²) >= 11 is 0. The lowest BCUT2D eigenvalue weighted by molar-refractivity contribution is 0.554. The van der Waals surface area contributed by atoms with Gasteiger partial charge < -0.3 is 21.3 Å². The van der Waals surface area contributed by atoms with Crippen molar-refractivity contribution in [3.8, 4) is 0 Å². The highest BCUT2D eigenvalue weighted by molar-refractivity contribution is 5.84. The molecule has 2 aliphatic heterocycles. The van der Waals surface area contributed by atoms with Crippen molar-refractivity contribution in [2.75, 3.05) is 13.1 Å². The van der Waals surface area contributed by atoms with Gasteiger partial charge in [0.15, 0.2) is 11.9 Å². The zero-order valence-corrected chi connectivity index (χ0v) is 21.2. The molecule has 6 heteroatoms. The van der Waals surface area contributed by atoms with Crippen molar-refractivity contribution in [3.05, 3.63) is 144 Å². The third-order valence-electron chi connectivity index (χ3n) is 7.11. The molecule has 0 saturated carbocycles. The first-order valence-electron chi connectivity index (χ1n) is 13.2. The fraction of sp³-hybridized carbons (Fsp3) is 0.188. The van der Waals surface area contributed by atoms with E-state index in [1.165, 1.54) is 22.3 Å². The highest BCUT2D eigenvalue weighted by atomic mass is 15.3. The fourth-order valence-electron chi connectivity index (χ4n) is 5.26. The van der Waals surface area contributed by atoms with Crippen molar-refractivity contribution in [1.82, 2.24) is 21.3 Å². The predicted molar refractivity (Wildman–Crippen MR) is 154 cm³/mol. The van der Waals surface area contributed by atoms with Crippen LogP contribution in [0.1, 0.15) is 46.4 Å². The zero-order valence-electron chi connectivity index (χ0n) is 21.2. The summed E-state index contributed by atoms with van der Waals surface area (Å²) in [6, 6.07) is 42.6. The zero-order chi connectivity index (χ0) is 25.6. The smallest absolute Gasteiger partial charge is 0.192 e. The average molecular weight is 501 g/mol. The van der Waals surface area contributed by atoms with Gasteiger partial charge in [-0.15, -0.1) is 0 Å². The van der Waals surface area contributed by atoms with Crippen LogP contribution in [0.25, 0.3) is 0 Å². The van der Waals surface area contributed by atoms with Gasteiger partial charge in [-0.05, 0) is 22.3 Å². The highest BCUT2D eigenvalue weighted by Crippen LogP contribution is 2.33. The number of hydrogen-bond donors (Lipinski definition) is 4. The van der Waals surface area contributed by atoms with Gasteiger partial charge in [0, 0.05) is 0 Å². The molecule has 2 heterocycles. The van der Waals surface area contributed by atoms with Gasteiger partial charge in [-0.1, -0.05) is 121 Å². The lowest BCUT2D eigenvalue weighted by Gasteiger charge is -2.19. The van der Waals surface area contributed by atoms with E-state index in [1.807, 2.05) is 24.3 Å². The molecule has 4 aromatic rings. The molecule has 0 amide bonds. The molecule has 190 valence electrons. The van der Waals surface area contributed by atoms with Gasteiger partial charge in [0.1, 0.15) is 0 Å². The van der Waals surface area contributed by atoms with E-state index in [2.05, 4.69) is 118 Å². The largest absolute Gasteiger partial charge is 0.347 e. The lowest BCUT2D eigenvalue weighted by Crippen LogP contribution is -2.27. The lowest BCUT2D eigenvalue weighted by atomic mass is 9.95. The van der Waals surface area contributed by atoms with Gasteiger partial charge in [-0.2, -0.15) is 0 Å². The van der Waals surface area contributed by atoms with Gasteiger partial charge >= 0.3 is 0 Å². The average Bonchev–Trinajstić information content (AvgIpc) is 3.62. The summed E-state index contributed by atoms with van der Waals surface area (Å²) in [5.41, 5.74) is 4.94. The number of nitrogens with one attached hydrogen (secondary N) is 4. The second-order valence-corrected chi connectivity index (χ2v) is 9.59. The number of nitrogens with zero attached hydrogens (tertiary/aromatic N) is 2. The second-order valence-electron chi connectivity index (χ2n) is 9.59. The molecule has 4 aromatic carbocycles. The van der Waals surface area contributed by atoms with E-state index in [0.717, 1.165) is 11.9 Å². The summed E-state index contributed by atoms with van der Waals surface area (Å²) in [5.74, 6) is 1.62. The monoisotopic (exact) mass is 500 g/mol. The molecule has 4 N–H and O–H groups in total. The topological polar surface area (TPSA) is 72.8 Å². The number of aliphatic imine (C=N–C) groups is 2. The van der Waals surface area contributed by atoms with Gasteiger partial charge in [-0.3, -0.25) is 9.98 Å². The molecular weight excluding hydrogens is 468 g/mol. The summed E-state index contributed by atoms with van der Waals surface area (Å²) < 4.78 is 0. The Kier molecular flexibility index (Phi) is 7.02. The molecule has 6 nitrogen and oxygen atoms in total. The van der Waals surface area contributed by atoms with Gasteiger partial charge in [0.25, 0.3) is 0 Å². The Hall–Kier alpha value is -4.58. The van der Waals surface area contributed by atoms with Crippen LogP contribution in [0, 0.1) is 0 Å². The third-order valence-corrected chi connectivity index (χ3v) is 7.11. The Morgan fingerprint density at radius 3 is 0.842 bits per heavy atom. The third kappa shape index (κ3) is 5.25. The molecule has 6 rings (SSSR count). The molecule has 0 spiro atoms. The molecule has 0 radical (unpaired) electrons. The quantitative estimate of drug-likeness (QED) is 0.268. The van der Waals surface area contributed by atoms with Gasteiger partial charge in [0.05, 0.1) is 37.3 Å². The Bertz CT molecular complexity index is 1160. The van der Waals surface area contributed by atoms with E-state index in [9.17, 15) is 0 Å². The van der Waals surface area contributed by atoms with E-state index in [0.29, 0.717) is 13.1 Å². The minimum atomic E-state index is 0.111. The van der Waals surface area contributed by atoms with Gasteiger partial charge in [-0.25, -0.2) is 0 Å². The summed E-state index contributed by atoms with van der Waals surface area (Å²) in [5, 5.41) is 14.4. The fourth-order valence-corrected chi connectivity index (χ4v) is 5.26. The minimum Gasteiger partial charge on any atom is -0.347 e. The highest BCUT2D eigenvalue weighted by Gasteiger charge is 2.33. The number of hydrogen-bond acceptors (Lipinski definition) is 2. The van der Waals surface area contributed by atoms with E-state index in [1.54, 1.807) is 0 Å². The molecule has 0 aromatic heterocycles. The minimum absolute atomic E-state index is 0.111. The van der Waals surface area contributed by atoms with Crippen molar-refractivity contribution in [2.45, 2.75) is 24.2 Å². The molecule has 2 fully saturated rings. The number of guanidine groups is 2. The van der Waals surface area contributed by atoms with Crippen LogP contribution in [-0.2, 0) is 0 Å². The van der Waals surface area contributed by atoms with Gasteiger partial charge in [0.2, 0.25) is 0 Å². The van der Waals surface area contributed by atoms with Crippen molar-refractivity contribution in [3.63, 3.8) is 0 Å². The summed E-state index contributed by atoms with van der Waals surface area (Å²) in [4.78, 5) is 9.64. The SMILES string of the molecule is c1ccc([C@H]2NC(=NCCN=C3N[C@H](c4ccccc4)[C@@H](c4ccccc4)N3)N[C@@H]2c2ccccc2)cc1. The van der Waals surface area contributed by atoms with Crippen LogP contribution in [0.2, 0.25) is 0 Å². The molecule has 0 unspecified atom stereocenters. The molecular formula is C32H32N6. The normalized spacial score (nSPS) is 22.1. The predicted octanol–water partition coefficient (Wildman–Crippen LogP) is 5.05. The van der Waals surface area contributed by atoms with E-state index >= 15 is 0 Å². The molecule has 4 atom stereocenters. The van der Waals surface area contributed by atoms with Crippen LogP contribution >= 0.6 is 0 Å². The second kappa shape index (κ2) is 11.2. The first kappa shape index (κ1) is 23.8. The maximum atomic E-state index is 4.82. The van der Waals surface area contributed by atoms with E-state index < -0.39 is 0 Å². The van der Waals surface area contributed by atoms with Crippen molar-refractivity contribution >= 4 is 11.9 Å². The van der Waals surface area contributed by atoms with E-state index in [4.69, 9.17) is 9.98 Å². The molecule has 0 aliphatic carbocycles. The van der Waals surface area contributed by atoms with Crippen LogP contribution in [-0.4, -0.2) is 25.0 Å². The summed E-state index contributed by atoms with van der Waals surface area (Å²) in [6.45, 7) is 1.16. The number of rotatable bonds is 7. The maximum absolute atomic E-state index is 4.82. The van der Waals surface area contributed by atoms with Crippen LogP contribution < -0.4 is 21.3 Å². The summed E-state index contributed by atoms with van der Waals surface area (Å²) in [6.07, 6.45) is 0. The van der Waals surface area contributed by atoms with Crippen LogP contribution in [0.5, 0.6) is 0 Å². The Balaban J connectivity index is 1.15. The van der Waals surface area contributed by atoms with Crippen molar-refractivity contribution in [2.24, 2.45) is 9.98 Å². The van der Waals surface area contributed by atoms with Crippen LogP contribution in [0.3, 0.4) is 0 Å². The Labute approximate surface area is 224 Å². The Morgan fingerprint density at radius 2 is 0.605 bits per heavy atom. The van der Waals surface area contributed by atoms with Crippen molar-refractivity contribution < 1.29 is 0 Å². The standard InChI is InChI=1S/C32H32N6/c1-5-13-23(14-6-1)27-28(24-15-7-2-8-16-24)36-31(35-27)33-21-22-34-32-37-29(25-17-9-3-10-18-25)30(38-32)26-19-11-4-12-20-26/h1-20,27-30H,21-22H2,(H2,33,35,36)(H2,34,37,38)/t27-,28-,29-,30-/m1/s1. The molecule has 2 aliphatic rings. The Morgan fingerprint density at radius 1 is 0.368 bits per heavy atom. The van der Waals surface area contributed by atoms with Crippen molar-refractivity contribution in [1.29, 1.82) is 0 Å².